The topological polar surface area (TPSA) is 64.6 Å². The highest BCUT2D eigenvalue weighted by Crippen LogP contribution is 2.12. The zero-order valence-electron chi connectivity index (χ0n) is 12.8. The molecule has 0 aliphatic rings. The van der Waals surface area contributed by atoms with Crippen molar-refractivity contribution in [1.29, 1.82) is 0 Å². The summed E-state index contributed by atoms with van der Waals surface area (Å²) < 4.78 is 33.2. The second-order valence-electron chi connectivity index (χ2n) is 4.75. The quantitative estimate of drug-likeness (QED) is 0.629. The van der Waals surface area contributed by atoms with Gasteiger partial charge in [0.15, 0.2) is 0 Å². The molecule has 1 N–H and O–H groups in total. The zero-order valence-corrected chi connectivity index (χ0v) is 13.6. The van der Waals surface area contributed by atoms with Crippen LogP contribution in [0.5, 0.6) is 5.75 Å². The minimum Gasteiger partial charge on any atom is -0.494 e. The summed E-state index contributed by atoms with van der Waals surface area (Å²) in [6.07, 6.45) is 0.524. The van der Waals surface area contributed by atoms with Gasteiger partial charge in [0.2, 0.25) is 0 Å². The van der Waals surface area contributed by atoms with Gasteiger partial charge in [-0.15, -0.1) is 0 Å². The largest absolute Gasteiger partial charge is 0.494 e. The molecule has 0 aliphatic carbocycles. The van der Waals surface area contributed by atoms with Crippen LogP contribution in [0.1, 0.15) is 18.9 Å². The normalized spacial score (nSPS) is 11.5. The van der Waals surface area contributed by atoms with E-state index < -0.39 is 9.84 Å². The van der Waals surface area contributed by atoms with E-state index in [1.165, 1.54) is 5.56 Å². The van der Waals surface area contributed by atoms with Gasteiger partial charge in [-0.2, -0.15) is 0 Å². The molecule has 0 saturated heterocycles. The highest BCUT2D eigenvalue weighted by molar-refractivity contribution is 7.91. The number of methoxy groups -OCH3 is 1. The molecule has 0 saturated carbocycles. The summed E-state index contributed by atoms with van der Waals surface area (Å²) in [7, 11) is -1.21. The Morgan fingerprint density at radius 3 is 2.48 bits per heavy atom. The van der Waals surface area contributed by atoms with Crippen LogP contribution in [-0.4, -0.2) is 46.8 Å². The van der Waals surface area contributed by atoms with E-state index in [0.29, 0.717) is 19.6 Å². The molecule has 1 aromatic carbocycles. The van der Waals surface area contributed by atoms with Gasteiger partial charge in [0.25, 0.3) is 0 Å². The second kappa shape index (κ2) is 9.76. The van der Waals surface area contributed by atoms with Crippen molar-refractivity contribution >= 4 is 9.84 Å². The molecule has 1 aromatic rings. The van der Waals surface area contributed by atoms with E-state index >= 15 is 0 Å². The zero-order chi connectivity index (χ0) is 15.6. The lowest BCUT2D eigenvalue weighted by Crippen LogP contribution is -2.18. The molecule has 0 bridgehead atoms. The number of benzene rings is 1. The van der Waals surface area contributed by atoms with E-state index in [-0.39, 0.29) is 11.5 Å². The second-order valence-corrected chi connectivity index (χ2v) is 7.22. The third-order valence-corrected chi connectivity index (χ3v) is 4.83. The Morgan fingerprint density at radius 1 is 1.14 bits per heavy atom. The minimum atomic E-state index is -2.89. The maximum Gasteiger partial charge on any atom is 0.150 e. The third kappa shape index (κ3) is 8.04. The number of nitrogens with one attached hydrogen (secondary N) is 1. The van der Waals surface area contributed by atoms with Gasteiger partial charge in [-0.25, -0.2) is 8.42 Å². The number of hydrogen-bond acceptors (Lipinski definition) is 5. The summed E-state index contributed by atoms with van der Waals surface area (Å²) in [5, 5.41) is 3.26. The highest BCUT2D eigenvalue weighted by atomic mass is 32.2. The molecule has 0 unspecified atom stereocenters. The van der Waals surface area contributed by atoms with Crippen LogP contribution in [0.2, 0.25) is 0 Å². The molecule has 0 atom stereocenters. The van der Waals surface area contributed by atoms with Crippen LogP contribution in [0.15, 0.2) is 24.3 Å². The molecule has 0 heterocycles. The summed E-state index contributed by atoms with van der Waals surface area (Å²) in [6.45, 7) is 4.39. The van der Waals surface area contributed by atoms with Crippen molar-refractivity contribution in [1.82, 2.24) is 5.32 Å². The summed E-state index contributed by atoms with van der Waals surface area (Å²) in [5.74, 6) is 1.15. The van der Waals surface area contributed by atoms with Crippen molar-refractivity contribution in [2.45, 2.75) is 19.9 Å². The van der Waals surface area contributed by atoms with Gasteiger partial charge >= 0.3 is 0 Å². The molecular weight excluding hydrogens is 290 g/mol. The molecule has 6 heteroatoms. The lowest BCUT2D eigenvalue weighted by Gasteiger charge is -2.08. The van der Waals surface area contributed by atoms with Gasteiger partial charge in [0, 0.05) is 26.0 Å². The van der Waals surface area contributed by atoms with Gasteiger partial charge in [0.05, 0.1) is 19.0 Å². The Labute approximate surface area is 127 Å². The number of sulfone groups is 1. The number of ether oxygens (including phenoxy) is 2. The van der Waals surface area contributed by atoms with Crippen LogP contribution in [0.25, 0.3) is 0 Å². The Morgan fingerprint density at radius 2 is 1.86 bits per heavy atom. The Hall–Kier alpha value is -1.11. The van der Waals surface area contributed by atoms with Crippen molar-refractivity contribution in [2.24, 2.45) is 0 Å². The average molecular weight is 315 g/mol. The lowest BCUT2D eigenvalue weighted by atomic mass is 10.2. The van der Waals surface area contributed by atoms with Crippen molar-refractivity contribution < 1.29 is 17.9 Å². The van der Waals surface area contributed by atoms with Crippen molar-refractivity contribution in [3.63, 3.8) is 0 Å². The molecule has 120 valence electrons. The fraction of sp³-hybridized carbons (Fsp3) is 0.600. The first-order chi connectivity index (χ1) is 10.1. The van der Waals surface area contributed by atoms with E-state index in [1.54, 1.807) is 14.0 Å². The van der Waals surface area contributed by atoms with E-state index in [1.807, 2.05) is 24.3 Å². The predicted octanol–water partition coefficient (Wildman–Crippen LogP) is 1.63. The predicted molar refractivity (Wildman–Crippen MR) is 84.5 cm³/mol. The summed E-state index contributed by atoms with van der Waals surface area (Å²) in [4.78, 5) is 0. The van der Waals surface area contributed by atoms with Gasteiger partial charge in [0.1, 0.15) is 15.6 Å². The van der Waals surface area contributed by atoms with Crippen molar-refractivity contribution in [3.8, 4) is 5.75 Å². The SMILES string of the molecule is CCS(=O)(=O)CCCOc1ccc(CNCCOC)cc1. The minimum absolute atomic E-state index is 0.186. The van der Waals surface area contributed by atoms with Crippen LogP contribution >= 0.6 is 0 Å². The highest BCUT2D eigenvalue weighted by Gasteiger charge is 2.06. The Bertz CT molecular complexity index is 485. The van der Waals surface area contributed by atoms with Gasteiger partial charge in [-0.1, -0.05) is 19.1 Å². The monoisotopic (exact) mass is 315 g/mol. The van der Waals surface area contributed by atoms with Gasteiger partial charge in [-0.3, -0.25) is 0 Å². The lowest BCUT2D eigenvalue weighted by molar-refractivity contribution is 0.199. The summed E-state index contributed by atoms with van der Waals surface area (Å²) >= 11 is 0. The van der Waals surface area contributed by atoms with E-state index in [2.05, 4.69) is 5.32 Å². The van der Waals surface area contributed by atoms with E-state index in [0.717, 1.165) is 18.8 Å². The number of rotatable bonds is 11. The maximum atomic E-state index is 11.3. The molecule has 0 amide bonds. The molecule has 0 spiro atoms. The molecular formula is C15H25NO4S. The first-order valence-corrected chi connectivity index (χ1v) is 9.01. The Balaban J connectivity index is 2.25. The Kier molecular flexibility index (Phi) is 8.34. The standard InChI is InChI=1S/C15H25NO4S/c1-3-21(17,18)12-4-10-20-15-7-5-14(6-8-15)13-16-9-11-19-2/h5-8,16H,3-4,9-13H2,1-2H3. The van der Waals surface area contributed by atoms with E-state index in [4.69, 9.17) is 9.47 Å². The van der Waals surface area contributed by atoms with Gasteiger partial charge in [-0.05, 0) is 24.1 Å². The van der Waals surface area contributed by atoms with Gasteiger partial charge < -0.3 is 14.8 Å². The van der Waals surface area contributed by atoms with E-state index in [9.17, 15) is 8.42 Å². The van der Waals surface area contributed by atoms with Crippen molar-refractivity contribution in [2.75, 3.05) is 38.4 Å². The van der Waals surface area contributed by atoms with Crippen LogP contribution in [0.3, 0.4) is 0 Å². The molecule has 0 aliphatic heterocycles. The van der Waals surface area contributed by atoms with Crippen LogP contribution in [0, 0.1) is 0 Å². The average Bonchev–Trinajstić information content (AvgIpc) is 2.49. The number of hydrogen-bond donors (Lipinski definition) is 1. The molecule has 0 radical (unpaired) electrons. The summed E-state index contributed by atoms with van der Waals surface area (Å²) in [6, 6.07) is 7.80. The summed E-state index contributed by atoms with van der Waals surface area (Å²) in [5.41, 5.74) is 1.17. The molecule has 21 heavy (non-hydrogen) atoms. The first-order valence-electron chi connectivity index (χ1n) is 7.19. The molecule has 0 aromatic heterocycles. The smallest absolute Gasteiger partial charge is 0.150 e. The molecule has 1 rings (SSSR count). The van der Waals surface area contributed by atoms with Crippen LogP contribution < -0.4 is 10.1 Å². The van der Waals surface area contributed by atoms with Crippen LogP contribution in [0.4, 0.5) is 0 Å². The van der Waals surface area contributed by atoms with Crippen LogP contribution in [-0.2, 0) is 21.1 Å². The maximum absolute atomic E-state index is 11.3. The fourth-order valence-corrected chi connectivity index (χ4v) is 2.57. The molecule has 0 fully saturated rings. The molecule has 5 nitrogen and oxygen atoms in total. The third-order valence-electron chi connectivity index (χ3n) is 3.04. The van der Waals surface area contributed by atoms with Crippen molar-refractivity contribution in [3.05, 3.63) is 29.8 Å². The fourth-order valence-electron chi connectivity index (χ4n) is 1.72. The first kappa shape index (κ1) is 17.9.